The lowest BCUT2D eigenvalue weighted by atomic mass is 10.2. The minimum absolute atomic E-state index is 0.0190. The molecule has 2 aromatic carbocycles. The summed E-state index contributed by atoms with van der Waals surface area (Å²) in [4.78, 5) is 18.3. The first-order chi connectivity index (χ1) is 14.6. The third kappa shape index (κ3) is 5.73. The Morgan fingerprint density at radius 2 is 1.77 bits per heavy atom. The van der Waals surface area contributed by atoms with Crippen molar-refractivity contribution in [1.82, 2.24) is 15.0 Å². The van der Waals surface area contributed by atoms with Crippen LogP contribution in [0.25, 0.3) is 11.4 Å². The Labute approximate surface area is 175 Å². The predicted molar refractivity (Wildman–Crippen MR) is 110 cm³/mol. The molecule has 1 aromatic heterocycles. The largest absolute Gasteiger partial charge is 0.497 e. The number of amides is 1. The first kappa shape index (κ1) is 21.2. The molecule has 0 unspecified atom stereocenters. The van der Waals surface area contributed by atoms with Crippen LogP contribution in [0.2, 0.25) is 0 Å². The smallest absolute Gasteiger partial charge is 0.246 e. The van der Waals surface area contributed by atoms with E-state index in [1.54, 1.807) is 26.2 Å². The van der Waals surface area contributed by atoms with Gasteiger partial charge < -0.3 is 23.6 Å². The van der Waals surface area contributed by atoms with Gasteiger partial charge in [-0.2, -0.15) is 4.98 Å². The van der Waals surface area contributed by atoms with Crippen molar-refractivity contribution in [3.63, 3.8) is 0 Å². The third-order valence-electron chi connectivity index (χ3n) is 4.46. The van der Waals surface area contributed by atoms with Gasteiger partial charge in [-0.3, -0.25) is 4.79 Å². The van der Waals surface area contributed by atoms with Crippen molar-refractivity contribution < 1.29 is 23.5 Å². The summed E-state index contributed by atoms with van der Waals surface area (Å²) in [7, 11) is 4.93. The van der Waals surface area contributed by atoms with E-state index in [9.17, 15) is 4.79 Å². The Hall–Kier alpha value is -3.55. The second kappa shape index (κ2) is 10.3. The number of ether oxygens (including phenoxy) is 3. The topological polar surface area (TPSA) is 86.9 Å². The van der Waals surface area contributed by atoms with Gasteiger partial charge in [-0.25, -0.2) is 0 Å². The van der Waals surface area contributed by atoms with Gasteiger partial charge in [0, 0.05) is 19.0 Å². The van der Waals surface area contributed by atoms with Gasteiger partial charge in [0.25, 0.3) is 0 Å². The summed E-state index contributed by atoms with van der Waals surface area (Å²) < 4.78 is 21.3. The lowest BCUT2D eigenvalue weighted by Gasteiger charge is -2.14. The van der Waals surface area contributed by atoms with E-state index in [1.807, 2.05) is 48.5 Å². The minimum Gasteiger partial charge on any atom is -0.497 e. The molecule has 0 aliphatic rings. The highest BCUT2D eigenvalue weighted by Gasteiger charge is 2.15. The zero-order chi connectivity index (χ0) is 21.3. The van der Waals surface area contributed by atoms with Gasteiger partial charge >= 0.3 is 0 Å². The number of carbonyl (C=O) groups excluding carboxylic acids is 1. The molecule has 0 radical (unpaired) electrons. The second-order valence-electron chi connectivity index (χ2n) is 6.62. The van der Waals surface area contributed by atoms with Gasteiger partial charge in [-0.15, -0.1) is 0 Å². The number of rotatable bonds is 10. The van der Waals surface area contributed by atoms with Crippen molar-refractivity contribution in [3.05, 3.63) is 54.4 Å². The molecule has 0 atom stereocenters. The standard InChI is InChI=1S/C22H25N3O5/c1-25(21(26)8-5-13-29-18-11-9-17(27-2)10-12-18)15-20-23-22(24-30-20)16-6-4-7-19(14-16)28-3/h4,6-7,9-12,14H,5,8,13,15H2,1-3H3. The summed E-state index contributed by atoms with van der Waals surface area (Å²) in [6.07, 6.45) is 0.970. The van der Waals surface area contributed by atoms with E-state index in [2.05, 4.69) is 10.1 Å². The summed E-state index contributed by atoms with van der Waals surface area (Å²) in [5.74, 6) is 3.04. The lowest BCUT2D eigenvalue weighted by Crippen LogP contribution is -2.26. The number of aromatic nitrogens is 2. The highest BCUT2D eigenvalue weighted by atomic mass is 16.5. The van der Waals surface area contributed by atoms with E-state index in [4.69, 9.17) is 18.7 Å². The van der Waals surface area contributed by atoms with Crippen molar-refractivity contribution in [3.8, 4) is 28.6 Å². The van der Waals surface area contributed by atoms with Crippen LogP contribution < -0.4 is 14.2 Å². The first-order valence-electron chi connectivity index (χ1n) is 9.57. The molecule has 0 saturated carbocycles. The van der Waals surface area contributed by atoms with E-state index < -0.39 is 0 Å². The highest BCUT2D eigenvalue weighted by Crippen LogP contribution is 2.21. The Morgan fingerprint density at radius 1 is 1.03 bits per heavy atom. The molecule has 0 spiro atoms. The maximum Gasteiger partial charge on any atom is 0.246 e. The van der Waals surface area contributed by atoms with Crippen molar-refractivity contribution in [2.75, 3.05) is 27.9 Å². The molecular formula is C22H25N3O5. The Kier molecular flexibility index (Phi) is 7.26. The molecule has 0 fully saturated rings. The van der Waals surface area contributed by atoms with Gasteiger partial charge in [0.15, 0.2) is 0 Å². The summed E-state index contributed by atoms with van der Waals surface area (Å²) in [5.41, 5.74) is 0.786. The molecule has 0 N–H and O–H groups in total. The summed E-state index contributed by atoms with van der Waals surface area (Å²) in [6, 6.07) is 14.7. The van der Waals surface area contributed by atoms with E-state index in [-0.39, 0.29) is 12.5 Å². The van der Waals surface area contributed by atoms with Crippen LogP contribution in [0.1, 0.15) is 18.7 Å². The normalized spacial score (nSPS) is 10.5. The maximum absolute atomic E-state index is 12.3. The number of methoxy groups -OCH3 is 2. The van der Waals surface area contributed by atoms with Crippen LogP contribution in [-0.4, -0.2) is 48.8 Å². The summed E-state index contributed by atoms with van der Waals surface area (Å²) >= 11 is 0. The maximum atomic E-state index is 12.3. The molecule has 0 aliphatic heterocycles. The molecule has 1 heterocycles. The van der Waals surface area contributed by atoms with Crippen LogP contribution in [0.5, 0.6) is 17.2 Å². The third-order valence-corrected chi connectivity index (χ3v) is 4.46. The van der Waals surface area contributed by atoms with Crippen LogP contribution in [0.4, 0.5) is 0 Å². The quantitative estimate of drug-likeness (QED) is 0.471. The Morgan fingerprint density at radius 3 is 2.50 bits per heavy atom. The highest BCUT2D eigenvalue weighted by molar-refractivity contribution is 5.75. The van der Waals surface area contributed by atoms with Gasteiger partial charge in [0.1, 0.15) is 17.2 Å². The molecule has 8 nitrogen and oxygen atoms in total. The van der Waals surface area contributed by atoms with Gasteiger partial charge in [0.05, 0.1) is 27.4 Å². The molecule has 158 valence electrons. The number of hydrogen-bond donors (Lipinski definition) is 0. The van der Waals surface area contributed by atoms with Crippen molar-refractivity contribution in [2.24, 2.45) is 0 Å². The molecule has 1 amide bonds. The lowest BCUT2D eigenvalue weighted by molar-refractivity contribution is -0.131. The number of carbonyl (C=O) groups is 1. The monoisotopic (exact) mass is 411 g/mol. The number of hydrogen-bond acceptors (Lipinski definition) is 7. The van der Waals surface area contributed by atoms with Crippen LogP contribution in [0.15, 0.2) is 53.1 Å². The van der Waals surface area contributed by atoms with Gasteiger partial charge in [-0.05, 0) is 42.8 Å². The first-order valence-corrected chi connectivity index (χ1v) is 9.57. The SMILES string of the molecule is COc1ccc(OCCCC(=O)N(C)Cc2nc(-c3cccc(OC)c3)no2)cc1. The van der Waals surface area contributed by atoms with Crippen LogP contribution in [0, 0.1) is 0 Å². The van der Waals surface area contributed by atoms with E-state index in [0.29, 0.717) is 36.9 Å². The molecule has 3 rings (SSSR count). The fourth-order valence-corrected chi connectivity index (χ4v) is 2.77. The van der Waals surface area contributed by atoms with E-state index in [1.165, 1.54) is 0 Å². The fourth-order valence-electron chi connectivity index (χ4n) is 2.77. The predicted octanol–water partition coefficient (Wildman–Crippen LogP) is 3.57. The van der Waals surface area contributed by atoms with E-state index in [0.717, 1.165) is 17.1 Å². The molecule has 0 aliphatic carbocycles. The Bertz CT molecular complexity index is 955. The fraction of sp³-hybridized carbons (Fsp3) is 0.318. The molecule has 0 saturated heterocycles. The summed E-state index contributed by atoms with van der Waals surface area (Å²) in [5, 5.41) is 3.99. The van der Waals surface area contributed by atoms with Crippen molar-refractivity contribution >= 4 is 5.91 Å². The zero-order valence-electron chi connectivity index (χ0n) is 17.3. The van der Waals surface area contributed by atoms with Crippen LogP contribution in [0.3, 0.4) is 0 Å². The number of benzene rings is 2. The average molecular weight is 411 g/mol. The zero-order valence-corrected chi connectivity index (χ0v) is 17.3. The van der Waals surface area contributed by atoms with Crippen molar-refractivity contribution in [2.45, 2.75) is 19.4 Å². The van der Waals surface area contributed by atoms with Gasteiger partial charge in [-0.1, -0.05) is 17.3 Å². The van der Waals surface area contributed by atoms with E-state index >= 15 is 0 Å². The molecule has 3 aromatic rings. The van der Waals surface area contributed by atoms with Gasteiger partial charge in [0.2, 0.25) is 17.6 Å². The average Bonchev–Trinajstić information content (AvgIpc) is 3.25. The molecular weight excluding hydrogens is 386 g/mol. The van der Waals surface area contributed by atoms with Crippen molar-refractivity contribution in [1.29, 1.82) is 0 Å². The second-order valence-corrected chi connectivity index (χ2v) is 6.62. The molecule has 8 heteroatoms. The van der Waals surface area contributed by atoms with Crippen LogP contribution in [-0.2, 0) is 11.3 Å². The minimum atomic E-state index is -0.0190. The summed E-state index contributed by atoms with van der Waals surface area (Å²) in [6.45, 7) is 0.696. The number of nitrogens with zero attached hydrogens (tertiary/aromatic N) is 3. The Balaban J connectivity index is 1.44. The molecule has 30 heavy (non-hydrogen) atoms. The van der Waals surface area contributed by atoms with Crippen LogP contribution >= 0.6 is 0 Å². The molecule has 0 bridgehead atoms.